The second-order valence-electron chi connectivity index (χ2n) is 5.91. The van der Waals surface area contributed by atoms with Crippen LogP contribution in [0.4, 0.5) is 5.69 Å². The summed E-state index contributed by atoms with van der Waals surface area (Å²) in [5.41, 5.74) is 2.55. The average molecular weight is 383 g/mol. The minimum absolute atomic E-state index is 0.112. The molecular weight excluding hydrogens is 366 g/mol. The molecular formula is C19H17N3O2S2. The fourth-order valence-electron chi connectivity index (χ4n) is 2.84. The number of thiazole rings is 1. The van der Waals surface area contributed by atoms with Crippen LogP contribution in [0.25, 0.3) is 21.6 Å². The highest BCUT2D eigenvalue weighted by atomic mass is 32.1. The van der Waals surface area contributed by atoms with E-state index in [1.54, 1.807) is 17.5 Å². The van der Waals surface area contributed by atoms with Crippen LogP contribution in [0.15, 0.2) is 53.4 Å². The molecule has 3 heterocycles. The van der Waals surface area contributed by atoms with E-state index in [9.17, 15) is 9.90 Å². The number of carbonyl (C=O) groups excluding carboxylic acids is 1. The summed E-state index contributed by atoms with van der Waals surface area (Å²) in [5, 5.41) is 18.9. The number of amides is 1. The van der Waals surface area contributed by atoms with Crippen LogP contribution in [-0.4, -0.2) is 21.0 Å². The van der Waals surface area contributed by atoms with Gasteiger partial charge in [0.15, 0.2) is 0 Å². The maximum absolute atomic E-state index is 12.3. The number of benzene rings is 1. The number of rotatable bonds is 6. The minimum Gasteiger partial charge on any atom is -0.388 e. The number of carbonyl (C=O) groups is 1. The molecule has 132 valence electrons. The molecule has 1 unspecified atom stereocenters. The van der Waals surface area contributed by atoms with Crippen molar-refractivity contribution in [3.05, 3.63) is 58.2 Å². The van der Waals surface area contributed by atoms with Crippen LogP contribution in [0.5, 0.6) is 0 Å². The molecule has 3 aromatic heterocycles. The van der Waals surface area contributed by atoms with Crippen molar-refractivity contribution in [3.8, 4) is 10.7 Å². The molecule has 4 aromatic rings. The van der Waals surface area contributed by atoms with Gasteiger partial charge in [-0.15, -0.1) is 22.7 Å². The van der Waals surface area contributed by atoms with Crippen molar-refractivity contribution in [1.82, 2.24) is 9.97 Å². The number of anilines is 1. The van der Waals surface area contributed by atoms with Crippen molar-refractivity contribution >= 4 is 45.2 Å². The quantitative estimate of drug-likeness (QED) is 0.447. The number of para-hydroxylation sites is 1. The zero-order valence-corrected chi connectivity index (χ0v) is 15.4. The maximum atomic E-state index is 12.3. The first kappa shape index (κ1) is 17.0. The first-order chi connectivity index (χ1) is 12.7. The predicted molar refractivity (Wildman–Crippen MR) is 107 cm³/mol. The van der Waals surface area contributed by atoms with E-state index in [0.717, 1.165) is 32.2 Å². The Bertz CT molecular complexity index is 1010. The maximum Gasteiger partial charge on any atom is 0.224 e. The number of aliphatic hydroxyl groups excluding tert-OH is 1. The molecule has 0 spiro atoms. The Morgan fingerprint density at radius 2 is 2.15 bits per heavy atom. The second-order valence-corrected chi connectivity index (χ2v) is 7.78. The first-order valence-corrected chi connectivity index (χ1v) is 9.99. The first-order valence-electron chi connectivity index (χ1n) is 8.23. The van der Waals surface area contributed by atoms with E-state index in [2.05, 4.69) is 15.3 Å². The minimum atomic E-state index is -0.599. The number of nitrogens with zero attached hydrogens (tertiary/aromatic N) is 1. The molecule has 1 atom stereocenters. The van der Waals surface area contributed by atoms with Gasteiger partial charge in [-0.3, -0.25) is 4.79 Å². The normalized spacial score (nSPS) is 12.3. The van der Waals surface area contributed by atoms with Gasteiger partial charge in [0.05, 0.1) is 23.0 Å². The molecule has 1 aromatic carbocycles. The molecule has 0 bridgehead atoms. The topological polar surface area (TPSA) is 78.0 Å². The van der Waals surface area contributed by atoms with E-state index in [-0.39, 0.29) is 12.3 Å². The number of nitrogens with one attached hydrogen (secondary N) is 2. The van der Waals surface area contributed by atoms with Crippen LogP contribution in [0.3, 0.4) is 0 Å². The van der Waals surface area contributed by atoms with Gasteiger partial charge in [-0.25, -0.2) is 4.98 Å². The van der Waals surface area contributed by atoms with Crippen LogP contribution < -0.4 is 5.32 Å². The monoisotopic (exact) mass is 383 g/mol. The molecule has 0 saturated carbocycles. The highest BCUT2D eigenvalue weighted by molar-refractivity contribution is 7.13. The van der Waals surface area contributed by atoms with Gasteiger partial charge in [-0.2, -0.15) is 0 Å². The van der Waals surface area contributed by atoms with Crippen LogP contribution in [-0.2, 0) is 4.79 Å². The van der Waals surface area contributed by atoms with Crippen LogP contribution >= 0.6 is 22.7 Å². The molecule has 0 radical (unpaired) electrons. The van der Waals surface area contributed by atoms with Gasteiger partial charge < -0.3 is 15.4 Å². The number of aliphatic hydroxyl groups is 1. The third-order valence-corrected chi connectivity index (χ3v) is 5.89. The van der Waals surface area contributed by atoms with E-state index < -0.39 is 6.10 Å². The number of H-pyrrole nitrogens is 1. The van der Waals surface area contributed by atoms with Crippen molar-refractivity contribution in [2.45, 2.75) is 18.9 Å². The van der Waals surface area contributed by atoms with Gasteiger partial charge in [0.2, 0.25) is 5.91 Å². The van der Waals surface area contributed by atoms with Crippen molar-refractivity contribution in [2.75, 3.05) is 5.32 Å². The molecule has 5 nitrogen and oxygen atoms in total. The number of aromatic nitrogens is 2. The standard InChI is InChI=1S/C19H17N3O2S2/c23-15(16-5-2-9-25-16)6-7-17(24)21-13-4-1-3-12-11-14(22-18(12)13)19-20-8-10-26-19/h1-5,8-11,15,22-23H,6-7H2,(H,21,24). The van der Waals surface area contributed by atoms with E-state index >= 15 is 0 Å². The zero-order chi connectivity index (χ0) is 17.9. The summed E-state index contributed by atoms with van der Waals surface area (Å²) >= 11 is 3.06. The van der Waals surface area contributed by atoms with Crippen LogP contribution in [0.2, 0.25) is 0 Å². The number of thiophene rings is 1. The van der Waals surface area contributed by atoms with Crippen molar-refractivity contribution < 1.29 is 9.90 Å². The van der Waals surface area contributed by atoms with Gasteiger partial charge in [0, 0.05) is 28.3 Å². The highest BCUT2D eigenvalue weighted by Gasteiger charge is 2.13. The summed E-state index contributed by atoms with van der Waals surface area (Å²) in [6.07, 6.45) is 1.83. The molecule has 0 aliphatic rings. The molecule has 26 heavy (non-hydrogen) atoms. The largest absolute Gasteiger partial charge is 0.388 e. The molecule has 1 amide bonds. The molecule has 7 heteroatoms. The Hall–Kier alpha value is -2.48. The van der Waals surface area contributed by atoms with Gasteiger partial charge in [0.1, 0.15) is 5.01 Å². The Kier molecular flexibility index (Phi) is 4.83. The van der Waals surface area contributed by atoms with Crippen molar-refractivity contribution in [3.63, 3.8) is 0 Å². The molecule has 0 saturated heterocycles. The van der Waals surface area contributed by atoms with E-state index in [1.807, 2.05) is 47.2 Å². The lowest BCUT2D eigenvalue weighted by Crippen LogP contribution is -2.13. The van der Waals surface area contributed by atoms with Crippen molar-refractivity contribution in [1.29, 1.82) is 0 Å². The Morgan fingerprint density at radius 3 is 2.92 bits per heavy atom. The van der Waals surface area contributed by atoms with Crippen molar-refractivity contribution in [2.24, 2.45) is 0 Å². The fraction of sp³-hybridized carbons (Fsp3) is 0.158. The van der Waals surface area contributed by atoms with Crippen LogP contribution in [0, 0.1) is 0 Å². The smallest absolute Gasteiger partial charge is 0.224 e. The molecule has 4 rings (SSSR count). The molecule has 0 aliphatic carbocycles. The van der Waals surface area contributed by atoms with Gasteiger partial charge >= 0.3 is 0 Å². The third kappa shape index (κ3) is 3.55. The summed E-state index contributed by atoms with van der Waals surface area (Å²) in [6, 6.07) is 11.6. The van der Waals surface area contributed by atoms with E-state index in [4.69, 9.17) is 0 Å². The van der Waals surface area contributed by atoms with Gasteiger partial charge in [-0.05, 0) is 30.0 Å². The fourth-order valence-corrected chi connectivity index (χ4v) is 4.19. The number of fused-ring (bicyclic) bond motifs is 1. The zero-order valence-electron chi connectivity index (χ0n) is 13.8. The predicted octanol–water partition coefficient (Wildman–Crippen LogP) is 4.81. The van der Waals surface area contributed by atoms with Gasteiger partial charge in [0.25, 0.3) is 0 Å². The lowest BCUT2D eigenvalue weighted by atomic mass is 10.1. The summed E-state index contributed by atoms with van der Waals surface area (Å²) in [6.45, 7) is 0. The summed E-state index contributed by atoms with van der Waals surface area (Å²) in [5.74, 6) is -0.112. The third-order valence-electron chi connectivity index (χ3n) is 4.11. The average Bonchev–Trinajstić information content (AvgIpc) is 3.40. The highest BCUT2D eigenvalue weighted by Crippen LogP contribution is 2.30. The molecule has 3 N–H and O–H groups in total. The number of hydrogen-bond donors (Lipinski definition) is 3. The van der Waals surface area contributed by atoms with Crippen LogP contribution in [0.1, 0.15) is 23.8 Å². The SMILES string of the molecule is O=C(CCC(O)c1cccs1)Nc1cccc2cc(-c3nccs3)[nH]c12. The summed E-state index contributed by atoms with van der Waals surface area (Å²) in [7, 11) is 0. The van der Waals surface area contributed by atoms with E-state index in [0.29, 0.717) is 6.42 Å². The Labute approximate surface area is 158 Å². The summed E-state index contributed by atoms with van der Waals surface area (Å²) < 4.78 is 0. The Balaban J connectivity index is 1.47. The summed E-state index contributed by atoms with van der Waals surface area (Å²) in [4.78, 5) is 20.9. The number of aromatic amines is 1. The van der Waals surface area contributed by atoms with Gasteiger partial charge in [-0.1, -0.05) is 18.2 Å². The second kappa shape index (κ2) is 7.41. The number of hydrogen-bond acceptors (Lipinski definition) is 5. The molecule has 0 fully saturated rings. The van der Waals surface area contributed by atoms with E-state index in [1.165, 1.54) is 11.3 Å². The lowest BCUT2D eigenvalue weighted by molar-refractivity contribution is -0.116. The lowest BCUT2D eigenvalue weighted by Gasteiger charge is -2.09. The molecule has 0 aliphatic heterocycles. The Morgan fingerprint density at radius 1 is 1.23 bits per heavy atom.